The minimum Gasteiger partial charge on any atom is -0.406 e. The number of carbonyl (C=O) groups excluding carboxylic acids is 1. The Balaban J connectivity index is 2.51. The second-order valence-electron chi connectivity index (χ2n) is 5.22. The highest BCUT2D eigenvalue weighted by Gasteiger charge is 2.31. The van der Waals surface area contributed by atoms with Crippen LogP contribution in [0.5, 0.6) is 5.75 Å². The van der Waals surface area contributed by atoms with E-state index in [0.29, 0.717) is 18.4 Å². The summed E-state index contributed by atoms with van der Waals surface area (Å²) in [6.07, 6.45) is -3.48. The molecule has 0 aliphatic heterocycles. The van der Waals surface area contributed by atoms with E-state index in [0.717, 1.165) is 0 Å². The largest absolute Gasteiger partial charge is 0.573 e. The van der Waals surface area contributed by atoms with Crippen LogP contribution < -0.4 is 15.4 Å². The highest BCUT2D eigenvalue weighted by Crippen LogP contribution is 2.24. The molecule has 1 rings (SSSR count). The van der Waals surface area contributed by atoms with Gasteiger partial charge in [0, 0.05) is 12.6 Å². The van der Waals surface area contributed by atoms with Gasteiger partial charge in [-0.2, -0.15) is 0 Å². The molecule has 0 aliphatic rings. The number of ether oxygens (including phenoxy) is 1. The molecule has 2 atom stereocenters. The van der Waals surface area contributed by atoms with E-state index in [9.17, 15) is 18.0 Å². The van der Waals surface area contributed by atoms with Gasteiger partial charge in [0.2, 0.25) is 0 Å². The summed E-state index contributed by atoms with van der Waals surface area (Å²) in [5.41, 5.74) is 0.651. The molecule has 0 aliphatic carbocycles. The molecule has 1 aromatic carbocycles. The Morgan fingerprint density at radius 3 is 2.35 bits per heavy atom. The van der Waals surface area contributed by atoms with E-state index < -0.39 is 6.36 Å². The topological polar surface area (TPSA) is 70.6 Å². The Bertz CT molecular complexity index is 492. The van der Waals surface area contributed by atoms with Crippen LogP contribution >= 0.6 is 0 Å². The summed E-state index contributed by atoms with van der Waals surface area (Å²) in [7, 11) is 0. The second-order valence-corrected chi connectivity index (χ2v) is 5.22. The number of halogens is 3. The van der Waals surface area contributed by atoms with E-state index in [2.05, 4.69) is 15.4 Å². The molecule has 0 spiro atoms. The highest BCUT2D eigenvalue weighted by atomic mass is 19.4. The number of aliphatic hydroxyl groups excluding tert-OH is 1. The van der Waals surface area contributed by atoms with Crippen LogP contribution in [0, 0.1) is 0 Å². The van der Waals surface area contributed by atoms with Crippen molar-refractivity contribution in [3.63, 3.8) is 0 Å². The van der Waals surface area contributed by atoms with Gasteiger partial charge in [-0.05, 0) is 44.4 Å². The molecule has 23 heavy (non-hydrogen) atoms. The monoisotopic (exact) mass is 334 g/mol. The number of benzene rings is 1. The number of carbonyl (C=O) groups is 1. The summed E-state index contributed by atoms with van der Waals surface area (Å²) >= 11 is 0. The molecule has 2 unspecified atom stereocenters. The minimum absolute atomic E-state index is 0.0659. The molecule has 0 saturated carbocycles. The number of urea groups is 1. The molecule has 0 heterocycles. The molecule has 0 fully saturated rings. The van der Waals surface area contributed by atoms with Crippen molar-refractivity contribution in [2.75, 3.05) is 6.61 Å². The van der Waals surface area contributed by atoms with Crippen LogP contribution in [-0.2, 0) is 0 Å². The number of hydrogen-bond acceptors (Lipinski definition) is 3. The van der Waals surface area contributed by atoms with Crippen LogP contribution in [0.3, 0.4) is 0 Å². The first-order chi connectivity index (χ1) is 10.7. The third-order valence-electron chi connectivity index (χ3n) is 3.13. The van der Waals surface area contributed by atoms with Gasteiger partial charge in [0.05, 0.1) is 6.04 Å². The maximum Gasteiger partial charge on any atom is 0.573 e. The summed E-state index contributed by atoms with van der Waals surface area (Å²) in [4.78, 5) is 11.8. The first-order valence-corrected chi connectivity index (χ1v) is 7.25. The van der Waals surface area contributed by atoms with Crippen molar-refractivity contribution in [1.29, 1.82) is 0 Å². The normalized spacial score (nSPS) is 14.0. The van der Waals surface area contributed by atoms with Gasteiger partial charge in [-0.25, -0.2) is 4.79 Å². The molecule has 0 saturated heterocycles. The summed E-state index contributed by atoms with van der Waals surface area (Å²) in [6, 6.07) is 4.48. The SMILES string of the molecule is CC(CCCO)NC(=O)NC(C)c1ccc(OC(F)(F)F)cc1. The van der Waals surface area contributed by atoms with Crippen LogP contribution in [0.1, 0.15) is 38.3 Å². The molecule has 3 N–H and O–H groups in total. The molecule has 5 nitrogen and oxygen atoms in total. The molecule has 8 heteroatoms. The van der Waals surface area contributed by atoms with Crippen LogP contribution in [0.15, 0.2) is 24.3 Å². The molecule has 130 valence electrons. The van der Waals surface area contributed by atoms with Gasteiger partial charge in [0.15, 0.2) is 0 Å². The Hall–Kier alpha value is -1.96. The van der Waals surface area contributed by atoms with Gasteiger partial charge in [-0.3, -0.25) is 0 Å². The molecule has 0 aromatic heterocycles. The molecule has 0 radical (unpaired) electrons. The van der Waals surface area contributed by atoms with Crippen LogP contribution in [0.25, 0.3) is 0 Å². The third kappa shape index (κ3) is 7.73. The zero-order valence-corrected chi connectivity index (χ0v) is 13.0. The van der Waals surface area contributed by atoms with E-state index in [1.54, 1.807) is 6.92 Å². The lowest BCUT2D eigenvalue weighted by atomic mass is 10.1. The zero-order chi connectivity index (χ0) is 17.5. The number of rotatable bonds is 7. The first-order valence-electron chi connectivity index (χ1n) is 7.25. The van der Waals surface area contributed by atoms with Gasteiger partial charge in [0.1, 0.15) is 5.75 Å². The van der Waals surface area contributed by atoms with Gasteiger partial charge in [0.25, 0.3) is 0 Å². The minimum atomic E-state index is -4.73. The van der Waals surface area contributed by atoms with Gasteiger partial charge in [-0.15, -0.1) is 13.2 Å². The average Bonchev–Trinajstić information content (AvgIpc) is 2.43. The quantitative estimate of drug-likeness (QED) is 0.717. The lowest BCUT2D eigenvalue weighted by Gasteiger charge is -2.18. The van der Waals surface area contributed by atoms with Gasteiger partial charge in [-0.1, -0.05) is 12.1 Å². The number of nitrogens with one attached hydrogen (secondary N) is 2. The molecular formula is C15H21F3N2O3. The molecule has 1 aromatic rings. The Morgan fingerprint density at radius 1 is 1.22 bits per heavy atom. The van der Waals surface area contributed by atoms with Crippen LogP contribution in [0.2, 0.25) is 0 Å². The first kappa shape index (κ1) is 19.1. The smallest absolute Gasteiger partial charge is 0.406 e. The van der Waals surface area contributed by atoms with Crippen molar-refractivity contribution in [2.45, 2.75) is 45.1 Å². The molecular weight excluding hydrogens is 313 g/mol. The maximum atomic E-state index is 12.1. The second kappa shape index (κ2) is 8.61. The maximum absolute atomic E-state index is 12.1. The standard InChI is InChI=1S/C15H21F3N2O3/c1-10(4-3-9-21)19-14(22)20-11(2)12-5-7-13(8-6-12)23-15(16,17)18/h5-8,10-11,21H,3-4,9H2,1-2H3,(H2,19,20,22). The van der Waals surface area contributed by atoms with Crippen molar-refractivity contribution < 1.29 is 27.8 Å². The number of hydrogen-bond donors (Lipinski definition) is 3. The molecule has 0 bridgehead atoms. The summed E-state index contributed by atoms with van der Waals surface area (Å²) in [5, 5.41) is 14.1. The Kier molecular flexibility index (Phi) is 7.15. The van der Waals surface area contributed by atoms with E-state index in [4.69, 9.17) is 5.11 Å². The van der Waals surface area contributed by atoms with Crippen LogP contribution in [0.4, 0.5) is 18.0 Å². The molecule has 2 amide bonds. The number of aliphatic hydroxyl groups is 1. The third-order valence-corrected chi connectivity index (χ3v) is 3.13. The summed E-state index contributed by atoms with van der Waals surface area (Å²) in [5.74, 6) is -0.310. The van der Waals surface area contributed by atoms with Crippen molar-refractivity contribution in [2.24, 2.45) is 0 Å². The van der Waals surface area contributed by atoms with Crippen LogP contribution in [-0.4, -0.2) is 30.1 Å². The van der Waals surface area contributed by atoms with Crippen molar-refractivity contribution in [3.05, 3.63) is 29.8 Å². The summed E-state index contributed by atoms with van der Waals surface area (Å²) < 4.78 is 40.0. The average molecular weight is 334 g/mol. The number of amides is 2. The van der Waals surface area contributed by atoms with E-state index in [1.165, 1.54) is 24.3 Å². The van der Waals surface area contributed by atoms with Crippen molar-refractivity contribution in [3.8, 4) is 5.75 Å². The summed E-state index contributed by atoms with van der Waals surface area (Å²) in [6.45, 7) is 3.61. The Morgan fingerprint density at radius 2 is 1.83 bits per heavy atom. The fourth-order valence-electron chi connectivity index (χ4n) is 1.97. The zero-order valence-electron chi connectivity index (χ0n) is 13.0. The van der Waals surface area contributed by atoms with Gasteiger partial charge >= 0.3 is 12.4 Å². The number of alkyl halides is 3. The fourth-order valence-corrected chi connectivity index (χ4v) is 1.97. The predicted molar refractivity (Wildman–Crippen MR) is 79.0 cm³/mol. The van der Waals surface area contributed by atoms with Crippen molar-refractivity contribution >= 4 is 6.03 Å². The van der Waals surface area contributed by atoms with Crippen molar-refractivity contribution in [1.82, 2.24) is 10.6 Å². The fraction of sp³-hybridized carbons (Fsp3) is 0.533. The van der Waals surface area contributed by atoms with Gasteiger partial charge < -0.3 is 20.5 Å². The van der Waals surface area contributed by atoms with E-state index in [1.807, 2.05) is 6.92 Å². The predicted octanol–water partition coefficient (Wildman–Crippen LogP) is 3.11. The Labute approximate surface area is 132 Å². The lowest BCUT2D eigenvalue weighted by Crippen LogP contribution is -2.41. The van der Waals surface area contributed by atoms with E-state index in [-0.39, 0.29) is 30.5 Å². The highest BCUT2D eigenvalue weighted by molar-refractivity contribution is 5.74. The van der Waals surface area contributed by atoms with E-state index >= 15 is 0 Å². The lowest BCUT2D eigenvalue weighted by molar-refractivity contribution is -0.274.